The number of amides is 1. The van der Waals surface area contributed by atoms with Crippen LogP contribution in [0.4, 0.5) is 13.2 Å². The van der Waals surface area contributed by atoms with Crippen molar-refractivity contribution in [3.63, 3.8) is 0 Å². The molecule has 0 bridgehead atoms. The Kier molecular flexibility index (Phi) is 6.14. The Hall–Kier alpha value is -1.57. The molecule has 1 heterocycles. The number of hydrogen-bond donors (Lipinski definition) is 1. The minimum atomic E-state index is -4.53. The highest BCUT2D eigenvalue weighted by Crippen LogP contribution is 2.49. The Morgan fingerprint density at radius 2 is 1.84 bits per heavy atom. The van der Waals surface area contributed by atoms with Gasteiger partial charge in [0.15, 0.2) is 0 Å². The van der Waals surface area contributed by atoms with Gasteiger partial charge in [-0.2, -0.15) is 13.2 Å². The predicted molar refractivity (Wildman–Crippen MR) is 119 cm³/mol. The first kappa shape index (κ1) is 22.6. The summed E-state index contributed by atoms with van der Waals surface area (Å²) >= 11 is 15.4. The zero-order valence-electron chi connectivity index (χ0n) is 16.2. The molecule has 2 aromatic carbocycles. The molecule has 0 radical (unpaired) electrons. The Morgan fingerprint density at radius 3 is 2.42 bits per heavy atom. The fourth-order valence-electron chi connectivity index (χ4n) is 3.74. The molecule has 164 valence electrons. The lowest BCUT2D eigenvalue weighted by atomic mass is 9.76. The van der Waals surface area contributed by atoms with Crippen molar-refractivity contribution in [2.45, 2.75) is 37.4 Å². The van der Waals surface area contributed by atoms with Crippen LogP contribution in [0.2, 0.25) is 10.0 Å². The van der Waals surface area contributed by atoms with Crippen LogP contribution >= 0.6 is 39.1 Å². The lowest BCUT2D eigenvalue weighted by molar-refractivity contribution is -0.183. The van der Waals surface area contributed by atoms with Crippen molar-refractivity contribution in [2.75, 3.05) is 6.54 Å². The van der Waals surface area contributed by atoms with Crippen LogP contribution in [0, 0.1) is 5.92 Å². The standard InChI is InChI=1S/C22H18BrCl2F3N2O/c23-18-5-13(3-4-14(18)10-29-20(31)12-1-2-12)19-9-21(11-30-19,22(26,27)28)15-6-16(24)8-17(25)7-15/h3-8,12H,1-2,9-11H2,(H,29,31). The number of rotatable bonds is 5. The quantitative estimate of drug-likeness (QED) is 0.470. The van der Waals surface area contributed by atoms with Gasteiger partial charge in [0.2, 0.25) is 5.91 Å². The van der Waals surface area contributed by atoms with Crippen molar-refractivity contribution in [1.29, 1.82) is 0 Å². The van der Waals surface area contributed by atoms with Gasteiger partial charge in [0.25, 0.3) is 0 Å². The molecule has 0 saturated heterocycles. The second-order valence-electron chi connectivity index (χ2n) is 7.98. The highest BCUT2D eigenvalue weighted by Gasteiger charge is 2.58. The van der Waals surface area contributed by atoms with E-state index in [0.717, 1.165) is 18.4 Å². The third-order valence-corrected chi connectivity index (χ3v) is 6.93. The van der Waals surface area contributed by atoms with E-state index >= 15 is 0 Å². The van der Waals surface area contributed by atoms with E-state index in [1.807, 2.05) is 0 Å². The van der Waals surface area contributed by atoms with Crippen LogP contribution in [0.25, 0.3) is 0 Å². The monoisotopic (exact) mass is 532 g/mol. The fourth-order valence-corrected chi connectivity index (χ4v) is 4.79. The van der Waals surface area contributed by atoms with Crippen LogP contribution in [0.15, 0.2) is 45.9 Å². The molecule has 1 atom stereocenters. The molecule has 1 aliphatic carbocycles. The van der Waals surface area contributed by atoms with E-state index in [0.29, 0.717) is 22.3 Å². The molecule has 1 aliphatic heterocycles. The summed E-state index contributed by atoms with van der Waals surface area (Å²) in [4.78, 5) is 16.1. The zero-order chi connectivity index (χ0) is 22.4. The highest BCUT2D eigenvalue weighted by atomic mass is 79.9. The van der Waals surface area contributed by atoms with Crippen molar-refractivity contribution in [3.05, 3.63) is 67.6 Å². The van der Waals surface area contributed by atoms with Crippen LogP contribution in [0.1, 0.15) is 36.0 Å². The molecule has 1 saturated carbocycles. The van der Waals surface area contributed by atoms with Crippen molar-refractivity contribution >= 4 is 50.8 Å². The van der Waals surface area contributed by atoms with E-state index in [9.17, 15) is 18.0 Å². The van der Waals surface area contributed by atoms with Crippen LogP contribution in [-0.4, -0.2) is 24.3 Å². The molecule has 1 fully saturated rings. The summed E-state index contributed by atoms with van der Waals surface area (Å²) < 4.78 is 43.4. The van der Waals surface area contributed by atoms with Crippen LogP contribution in [0.5, 0.6) is 0 Å². The van der Waals surface area contributed by atoms with Gasteiger partial charge >= 0.3 is 6.18 Å². The van der Waals surface area contributed by atoms with Crippen LogP contribution < -0.4 is 5.32 Å². The number of hydrogen-bond acceptors (Lipinski definition) is 2. The van der Waals surface area contributed by atoms with Gasteiger partial charge < -0.3 is 5.32 Å². The molecule has 2 aliphatic rings. The first-order chi connectivity index (χ1) is 14.6. The van der Waals surface area contributed by atoms with Crippen molar-refractivity contribution in [3.8, 4) is 0 Å². The van der Waals surface area contributed by atoms with Crippen molar-refractivity contribution in [2.24, 2.45) is 10.9 Å². The van der Waals surface area contributed by atoms with Gasteiger partial charge in [0, 0.05) is 39.1 Å². The molecule has 2 aromatic rings. The minimum absolute atomic E-state index is 0.00900. The summed E-state index contributed by atoms with van der Waals surface area (Å²) in [6.07, 6.45) is -3.00. The van der Waals surface area contributed by atoms with Gasteiger partial charge in [-0.1, -0.05) is 51.3 Å². The summed E-state index contributed by atoms with van der Waals surface area (Å²) in [6.45, 7) is -0.0739. The predicted octanol–water partition coefficient (Wildman–Crippen LogP) is 6.48. The summed E-state index contributed by atoms with van der Waals surface area (Å²) in [5.41, 5.74) is -0.360. The average molecular weight is 534 g/mol. The first-order valence-corrected chi connectivity index (χ1v) is 11.3. The summed E-state index contributed by atoms with van der Waals surface area (Å²) in [7, 11) is 0. The lowest BCUT2D eigenvalue weighted by Gasteiger charge is -2.31. The van der Waals surface area contributed by atoms with Gasteiger partial charge in [0.05, 0.1) is 6.54 Å². The van der Waals surface area contributed by atoms with Crippen molar-refractivity contribution in [1.82, 2.24) is 5.32 Å². The van der Waals surface area contributed by atoms with E-state index in [2.05, 4.69) is 26.2 Å². The zero-order valence-corrected chi connectivity index (χ0v) is 19.3. The third kappa shape index (κ3) is 4.64. The van der Waals surface area contributed by atoms with Crippen LogP contribution in [0.3, 0.4) is 0 Å². The van der Waals surface area contributed by atoms with E-state index in [1.165, 1.54) is 18.2 Å². The molecule has 4 rings (SSSR count). The molecule has 0 aromatic heterocycles. The molecular weight excluding hydrogens is 516 g/mol. The minimum Gasteiger partial charge on any atom is -0.352 e. The normalized spacial score (nSPS) is 21.2. The lowest BCUT2D eigenvalue weighted by Crippen LogP contribution is -2.43. The second-order valence-corrected chi connectivity index (χ2v) is 9.70. The molecule has 9 heteroatoms. The molecule has 31 heavy (non-hydrogen) atoms. The fraction of sp³-hybridized carbons (Fsp3) is 0.364. The summed E-state index contributed by atoms with van der Waals surface area (Å²) in [5.74, 6) is 0.146. The van der Waals surface area contributed by atoms with Gasteiger partial charge in [-0.15, -0.1) is 0 Å². The van der Waals surface area contributed by atoms with Gasteiger partial charge in [-0.25, -0.2) is 0 Å². The molecule has 1 N–H and O–H groups in total. The number of carbonyl (C=O) groups excluding carboxylic acids is 1. The molecule has 3 nitrogen and oxygen atoms in total. The van der Waals surface area contributed by atoms with E-state index in [-0.39, 0.29) is 33.9 Å². The van der Waals surface area contributed by atoms with Crippen molar-refractivity contribution < 1.29 is 18.0 Å². The number of nitrogens with one attached hydrogen (secondary N) is 1. The van der Waals surface area contributed by atoms with Gasteiger partial charge in [0.1, 0.15) is 5.41 Å². The molecule has 0 spiro atoms. The highest BCUT2D eigenvalue weighted by molar-refractivity contribution is 9.10. The third-order valence-electron chi connectivity index (χ3n) is 5.75. The average Bonchev–Trinajstić information content (AvgIpc) is 3.43. The number of aliphatic imine (C=N–C) groups is 1. The molecular formula is C22H18BrCl2F3N2O. The van der Waals surface area contributed by atoms with Gasteiger partial charge in [-0.05, 0) is 53.8 Å². The number of nitrogens with zero attached hydrogens (tertiary/aromatic N) is 1. The summed E-state index contributed by atoms with van der Waals surface area (Å²) in [5, 5.41) is 3.19. The van der Waals surface area contributed by atoms with Gasteiger partial charge in [-0.3, -0.25) is 9.79 Å². The number of benzene rings is 2. The Bertz CT molecular complexity index is 1050. The Balaban J connectivity index is 1.57. The first-order valence-electron chi connectivity index (χ1n) is 9.72. The maximum atomic E-state index is 14.2. The number of carbonyl (C=O) groups is 1. The maximum absolute atomic E-state index is 14.2. The van der Waals surface area contributed by atoms with E-state index in [4.69, 9.17) is 23.2 Å². The number of halogens is 6. The molecule has 1 amide bonds. The number of alkyl halides is 3. The topological polar surface area (TPSA) is 41.5 Å². The van der Waals surface area contributed by atoms with Crippen LogP contribution in [-0.2, 0) is 16.8 Å². The molecule has 1 unspecified atom stereocenters. The maximum Gasteiger partial charge on any atom is 0.400 e. The smallest absolute Gasteiger partial charge is 0.352 e. The summed E-state index contributed by atoms with van der Waals surface area (Å²) in [6, 6.07) is 9.29. The Morgan fingerprint density at radius 1 is 1.16 bits per heavy atom. The SMILES string of the molecule is O=C(NCc1ccc(C2=NCC(c3cc(Cl)cc(Cl)c3)(C(F)(F)F)C2)cc1Br)C1CC1. The van der Waals surface area contributed by atoms with E-state index < -0.39 is 18.1 Å². The Labute approximate surface area is 196 Å². The second kappa shape index (κ2) is 8.41. The largest absolute Gasteiger partial charge is 0.400 e. The van der Waals surface area contributed by atoms with E-state index in [1.54, 1.807) is 18.2 Å².